The van der Waals surface area contributed by atoms with Gasteiger partial charge in [0.2, 0.25) is 0 Å². The fraction of sp³-hybridized carbons (Fsp3) is 0.250. The van der Waals surface area contributed by atoms with Crippen molar-refractivity contribution in [3.05, 3.63) is 57.9 Å². The second kappa shape index (κ2) is 8.03. The molecule has 1 atom stereocenters. The number of anilines is 1. The van der Waals surface area contributed by atoms with Crippen LogP contribution in [0.3, 0.4) is 0 Å². The van der Waals surface area contributed by atoms with E-state index in [1.54, 1.807) is 24.3 Å². The molecule has 0 radical (unpaired) electrons. The minimum absolute atomic E-state index is 0.0435. The zero-order valence-electron chi connectivity index (χ0n) is 12.2. The second-order valence-corrected chi connectivity index (χ2v) is 5.95. The van der Waals surface area contributed by atoms with Crippen LogP contribution in [0.25, 0.3) is 0 Å². The number of benzene rings is 1. The molecule has 1 aromatic carbocycles. The molecule has 0 aliphatic rings. The van der Waals surface area contributed by atoms with Crippen LogP contribution in [-0.4, -0.2) is 34.3 Å². The van der Waals surface area contributed by atoms with E-state index in [2.05, 4.69) is 26.2 Å². The Hall–Kier alpha value is -1.99. The zero-order valence-corrected chi connectivity index (χ0v) is 13.8. The Kier molecular flexibility index (Phi) is 6.06. The van der Waals surface area contributed by atoms with Crippen LogP contribution < -0.4 is 5.32 Å². The molecule has 7 heteroatoms. The highest BCUT2D eigenvalue weighted by atomic mass is 79.9. The molecule has 23 heavy (non-hydrogen) atoms. The molecule has 2 aromatic rings. The molecule has 0 aliphatic heterocycles. The van der Waals surface area contributed by atoms with Gasteiger partial charge in [-0.15, -0.1) is 0 Å². The average Bonchev–Trinajstić information content (AvgIpc) is 2.55. The van der Waals surface area contributed by atoms with Gasteiger partial charge < -0.3 is 15.5 Å². The predicted octanol–water partition coefficient (Wildman–Crippen LogP) is 2.94. The summed E-state index contributed by atoms with van der Waals surface area (Å²) < 4.78 is 13.6. The molecule has 3 N–H and O–H groups in total. The number of nitrogens with zero attached hydrogens (tertiary/aromatic N) is 1. The summed E-state index contributed by atoms with van der Waals surface area (Å²) in [5.41, 5.74) is 0.851. The minimum Gasteiger partial charge on any atom is -0.477 e. The molecule has 0 bridgehead atoms. The molecule has 122 valence electrons. The molecule has 0 amide bonds. The maximum absolute atomic E-state index is 13.2. The van der Waals surface area contributed by atoms with Crippen LogP contribution in [0, 0.1) is 11.7 Å². The number of carboxylic acids is 1. The van der Waals surface area contributed by atoms with E-state index in [1.807, 2.05) is 0 Å². The molecule has 0 spiro atoms. The maximum atomic E-state index is 13.2. The van der Waals surface area contributed by atoms with Gasteiger partial charge in [-0.3, -0.25) is 0 Å². The van der Waals surface area contributed by atoms with Gasteiger partial charge in [0.25, 0.3) is 0 Å². The van der Waals surface area contributed by atoms with Gasteiger partial charge >= 0.3 is 5.97 Å². The number of aliphatic hydroxyl groups excluding tert-OH is 1. The molecule has 1 unspecified atom stereocenters. The zero-order chi connectivity index (χ0) is 16.8. The first-order valence-electron chi connectivity index (χ1n) is 6.98. The minimum atomic E-state index is -1.09. The third kappa shape index (κ3) is 5.01. The number of carbonyl (C=O) groups is 1. The third-order valence-electron chi connectivity index (χ3n) is 3.31. The van der Waals surface area contributed by atoms with Crippen LogP contribution in [0.15, 0.2) is 40.9 Å². The lowest BCUT2D eigenvalue weighted by Gasteiger charge is -2.16. The first kappa shape index (κ1) is 17.4. The normalized spacial score (nSPS) is 12.0. The third-order valence-corrected chi connectivity index (χ3v) is 3.91. The van der Waals surface area contributed by atoms with Crippen molar-refractivity contribution in [3.63, 3.8) is 0 Å². The van der Waals surface area contributed by atoms with Gasteiger partial charge in [-0.05, 0) is 52.2 Å². The summed E-state index contributed by atoms with van der Waals surface area (Å²) >= 11 is 3.14. The average molecular weight is 383 g/mol. The van der Waals surface area contributed by atoms with Gasteiger partial charge in [-0.1, -0.05) is 12.1 Å². The Morgan fingerprint density at radius 2 is 2.13 bits per heavy atom. The maximum Gasteiger partial charge on any atom is 0.354 e. The highest BCUT2D eigenvalue weighted by molar-refractivity contribution is 9.10. The number of halogens is 2. The van der Waals surface area contributed by atoms with E-state index in [1.165, 1.54) is 12.1 Å². The predicted molar refractivity (Wildman–Crippen MR) is 88.1 cm³/mol. The van der Waals surface area contributed by atoms with Crippen molar-refractivity contribution in [3.8, 4) is 0 Å². The fourth-order valence-electron chi connectivity index (χ4n) is 2.10. The van der Waals surface area contributed by atoms with E-state index in [4.69, 9.17) is 5.11 Å². The van der Waals surface area contributed by atoms with E-state index < -0.39 is 5.97 Å². The van der Waals surface area contributed by atoms with Crippen molar-refractivity contribution >= 4 is 27.7 Å². The number of pyridine rings is 1. The summed E-state index contributed by atoms with van der Waals surface area (Å²) in [6, 6.07) is 9.40. The Morgan fingerprint density at radius 1 is 1.35 bits per heavy atom. The van der Waals surface area contributed by atoms with E-state index in [0.717, 1.165) is 5.56 Å². The number of aliphatic hydroxyl groups is 1. The molecule has 0 saturated carbocycles. The molecule has 1 heterocycles. The second-order valence-electron chi connectivity index (χ2n) is 5.10. The van der Waals surface area contributed by atoms with Gasteiger partial charge in [0.1, 0.15) is 11.6 Å². The van der Waals surface area contributed by atoms with Crippen LogP contribution >= 0.6 is 15.9 Å². The number of hydrogen-bond donors (Lipinski definition) is 3. The SMILES string of the molecule is O=C(O)c1cccc(NCC(CO)Cc2ccc(F)c(Br)c2)n1. The number of carboxylic acid groups (broad SMARTS) is 1. The van der Waals surface area contributed by atoms with Crippen LogP contribution in [-0.2, 0) is 6.42 Å². The topological polar surface area (TPSA) is 82.5 Å². The fourth-order valence-corrected chi connectivity index (χ4v) is 2.53. The largest absolute Gasteiger partial charge is 0.477 e. The lowest BCUT2D eigenvalue weighted by molar-refractivity contribution is 0.0690. The first-order chi connectivity index (χ1) is 11.0. The Bertz CT molecular complexity index is 697. The molecule has 5 nitrogen and oxygen atoms in total. The van der Waals surface area contributed by atoms with Crippen molar-refractivity contribution in [1.82, 2.24) is 4.98 Å². The number of nitrogens with one attached hydrogen (secondary N) is 1. The lowest BCUT2D eigenvalue weighted by Crippen LogP contribution is -2.21. The number of aromatic carboxylic acids is 1. The molecule has 2 rings (SSSR count). The summed E-state index contributed by atoms with van der Waals surface area (Å²) in [6.07, 6.45) is 0.557. The molecular weight excluding hydrogens is 367 g/mol. The smallest absolute Gasteiger partial charge is 0.354 e. The Morgan fingerprint density at radius 3 is 2.78 bits per heavy atom. The van der Waals surface area contributed by atoms with Gasteiger partial charge in [0.05, 0.1) is 4.47 Å². The van der Waals surface area contributed by atoms with Crippen molar-refractivity contribution in [1.29, 1.82) is 0 Å². The van der Waals surface area contributed by atoms with Crippen LogP contribution in [0.4, 0.5) is 10.2 Å². The van der Waals surface area contributed by atoms with Crippen molar-refractivity contribution < 1.29 is 19.4 Å². The summed E-state index contributed by atoms with van der Waals surface area (Å²) in [7, 11) is 0. The first-order valence-corrected chi connectivity index (χ1v) is 7.78. The molecule has 0 aliphatic carbocycles. The number of aromatic nitrogens is 1. The van der Waals surface area contributed by atoms with Gasteiger partial charge in [0, 0.05) is 19.1 Å². The van der Waals surface area contributed by atoms with Gasteiger partial charge in [-0.25, -0.2) is 14.2 Å². The molecular formula is C16H16BrFN2O3. The lowest BCUT2D eigenvalue weighted by atomic mass is 10.00. The number of rotatable bonds is 7. The molecule has 1 aromatic heterocycles. The highest BCUT2D eigenvalue weighted by Gasteiger charge is 2.11. The summed E-state index contributed by atoms with van der Waals surface area (Å²) in [5.74, 6) is -1.10. The summed E-state index contributed by atoms with van der Waals surface area (Å²) in [5, 5.41) is 21.4. The van der Waals surface area contributed by atoms with Crippen LogP contribution in [0.2, 0.25) is 0 Å². The van der Waals surface area contributed by atoms with Crippen LogP contribution in [0.5, 0.6) is 0 Å². The number of hydrogen-bond acceptors (Lipinski definition) is 4. The van der Waals surface area contributed by atoms with Crippen molar-refractivity contribution in [2.75, 3.05) is 18.5 Å². The Balaban J connectivity index is 1.98. The monoisotopic (exact) mass is 382 g/mol. The summed E-state index contributed by atoms with van der Waals surface area (Å²) in [4.78, 5) is 14.8. The van der Waals surface area contributed by atoms with Gasteiger partial charge in [-0.2, -0.15) is 0 Å². The van der Waals surface area contributed by atoms with E-state index in [0.29, 0.717) is 23.3 Å². The van der Waals surface area contributed by atoms with E-state index >= 15 is 0 Å². The van der Waals surface area contributed by atoms with Gasteiger partial charge in [0.15, 0.2) is 5.69 Å². The molecule has 0 fully saturated rings. The quantitative estimate of drug-likeness (QED) is 0.685. The summed E-state index contributed by atoms with van der Waals surface area (Å²) in [6.45, 7) is 0.363. The van der Waals surface area contributed by atoms with E-state index in [-0.39, 0.29) is 24.0 Å². The standard InChI is InChI=1S/C16H16BrFN2O3/c17-12-7-10(4-5-13(12)18)6-11(9-21)8-19-15-3-1-2-14(20-15)16(22)23/h1-5,7,11,21H,6,8-9H2,(H,19,20)(H,22,23). The van der Waals surface area contributed by atoms with E-state index in [9.17, 15) is 14.3 Å². The van der Waals surface area contributed by atoms with Crippen molar-refractivity contribution in [2.24, 2.45) is 5.92 Å². The Labute approximate surface area is 141 Å². The highest BCUT2D eigenvalue weighted by Crippen LogP contribution is 2.19. The van der Waals surface area contributed by atoms with Crippen LogP contribution in [0.1, 0.15) is 16.1 Å². The van der Waals surface area contributed by atoms with Crippen molar-refractivity contribution in [2.45, 2.75) is 6.42 Å². The molecule has 0 saturated heterocycles.